The highest BCUT2D eigenvalue weighted by Gasteiger charge is 2.15. The smallest absolute Gasteiger partial charge is 0.175 e. The van der Waals surface area contributed by atoms with Gasteiger partial charge in [-0.05, 0) is 24.3 Å². The molecule has 126 valence electrons. The van der Waals surface area contributed by atoms with Crippen LogP contribution >= 0.6 is 11.8 Å². The molecule has 1 aromatic heterocycles. The third-order valence-electron chi connectivity index (χ3n) is 3.96. The SMILES string of the molecule is COc1cccc(SCC(=O)c2cn(CCC#N)c3ccccc23)c1. The van der Waals surface area contributed by atoms with E-state index in [1.54, 1.807) is 7.11 Å². The van der Waals surface area contributed by atoms with Crippen molar-refractivity contribution in [2.24, 2.45) is 0 Å². The highest BCUT2D eigenvalue weighted by Crippen LogP contribution is 2.27. The van der Waals surface area contributed by atoms with E-state index < -0.39 is 0 Å². The van der Waals surface area contributed by atoms with Gasteiger partial charge in [0.25, 0.3) is 0 Å². The third-order valence-corrected chi connectivity index (χ3v) is 4.96. The zero-order chi connectivity index (χ0) is 17.6. The zero-order valence-electron chi connectivity index (χ0n) is 13.9. The van der Waals surface area contributed by atoms with Crippen LogP contribution in [0.4, 0.5) is 0 Å². The molecule has 0 amide bonds. The second-order valence-electron chi connectivity index (χ2n) is 5.55. The summed E-state index contributed by atoms with van der Waals surface area (Å²) in [5.74, 6) is 1.23. The first kappa shape index (κ1) is 17.1. The predicted octanol–water partition coefficient (Wildman–Crippen LogP) is 4.54. The summed E-state index contributed by atoms with van der Waals surface area (Å²) in [4.78, 5) is 13.7. The average Bonchev–Trinajstić information content (AvgIpc) is 3.03. The number of carbonyl (C=O) groups is 1. The molecule has 0 saturated carbocycles. The van der Waals surface area contributed by atoms with Gasteiger partial charge in [-0.2, -0.15) is 5.26 Å². The number of Topliss-reactive ketones (excluding diaryl/α,β-unsaturated/α-hetero) is 1. The zero-order valence-corrected chi connectivity index (χ0v) is 14.8. The van der Waals surface area contributed by atoms with Crippen molar-refractivity contribution in [1.82, 2.24) is 4.57 Å². The van der Waals surface area contributed by atoms with Crippen molar-refractivity contribution in [2.75, 3.05) is 12.9 Å². The molecule has 0 atom stereocenters. The van der Waals surface area contributed by atoms with Crippen molar-refractivity contribution in [3.8, 4) is 11.8 Å². The molecule has 0 aliphatic heterocycles. The Morgan fingerprint density at radius 2 is 2.08 bits per heavy atom. The fourth-order valence-electron chi connectivity index (χ4n) is 2.74. The van der Waals surface area contributed by atoms with Gasteiger partial charge >= 0.3 is 0 Å². The van der Waals surface area contributed by atoms with Gasteiger partial charge in [0.1, 0.15) is 5.75 Å². The molecule has 5 heteroatoms. The van der Waals surface area contributed by atoms with E-state index in [0.29, 0.717) is 24.3 Å². The van der Waals surface area contributed by atoms with Gasteiger partial charge in [0, 0.05) is 34.1 Å². The number of aromatic nitrogens is 1. The molecule has 0 fully saturated rings. The number of ether oxygens (including phenoxy) is 1. The van der Waals surface area contributed by atoms with Crippen molar-refractivity contribution in [3.63, 3.8) is 0 Å². The Bertz CT molecular complexity index is 940. The predicted molar refractivity (Wildman–Crippen MR) is 100 cm³/mol. The Balaban J connectivity index is 1.81. The lowest BCUT2D eigenvalue weighted by molar-refractivity contribution is 0.102. The Morgan fingerprint density at radius 3 is 2.88 bits per heavy atom. The van der Waals surface area contributed by atoms with Gasteiger partial charge < -0.3 is 9.30 Å². The number of nitriles is 1. The number of para-hydroxylation sites is 1. The van der Waals surface area contributed by atoms with Crippen LogP contribution in [0, 0.1) is 11.3 Å². The first-order valence-corrected chi connectivity index (χ1v) is 8.96. The minimum atomic E-state index is 0.0831. The van der Waals surface area contributed by atoms with Crippen LogP contribution < -0.4 is 4.74 Å². The number of aryl methyl sites for hydroxylation is 1. The molecule has 0 aliphatic rings. The number of rotatable bonds is 7. The Labute approximate surface area is 151 Å². The monoisotopic (exact) mass is 350 g/mol. The van der Waals surface area contributed by atoms with Crippen LogP contribution in [0.25, 0.3) is 10.9 Å². The van der Waals surface area contributed by atoms with E-state index in [9.17, 15) is 4.79 Å². The van der Waals surface area contributed by atoms with Gasteiger partial charge in [-0.3, -0.25) is 4.79 Å². The Hall–Kier alpha value is -2.71. The maximum Gasteiger partial charge on any atom is 0.175 e. The molecule has 0 saturated heterocycles. The van der Waals surface area contributed by atoms with Gasteiger partial charge in [-0.1, -0.05) is 24.3 Å². The van der Waals surface area contributed by atoms with E-state index in [1.807, 2.05) is 59.3 Å². The molecule has 0 N–H and O–H groups in total. The van der Waals surface area contributed by atoms with Crippen molar-refractivity contribution in [2.45, 2.75) is 17.9 Å². The number of thioether (sulfide) groups is 1. The quantitative estimate of drug-likeness (QED) is 0.464. The largest absolute Gasteiger partial charge is 0.497 e. The minimum absolute atomic E-state index is 0.0831. The minimum Gasteiger partial charge on any atom is -0.497 e. The summed E-state index contributed by atoms with van der Waals surface area (Å²) in [6, 6.07) is 17.7. The fourth-order valence-corrected chi connectivity index (χ4v) is 3.57. The number of methoxy groups -OCH3 is 1. The van der Waals surface area contributed by atoms with E-state index >= 15 is 0 Å². The molecule has 0 unspecified atom stereocenters. The number of ketones is 1. The van der Waals surface area contributed by atoms with Crippen LogP contribution in [0.2, 0.25) is 0 Å². The normalized spacial score (nSPS) is 10.6. The van der Waals surface area contributed by atoms with Gasteiger partial charge in [0.2, 0.25) is 0 Å². The summed E-state index contributed by atoms with van der Waals surface area (Å²) in [5, 5.41) is 9.77. The van der Waals surface area contributed by atoms with E-state index in [2.05, 4.69) is 6.07 Å². The average molecular weight is 350 g/mol. The van der Waals surface area contributed by atoms with Gasteiger partial charge in [0.15, 0.2) is 5.78 Å². The van der Waals surface area contributed by atoms with E-state index in [4.69, 9.17) is 10.00 Å². The van der Waals surface area contributed by atoms with Crippen LogP contribution in [0.3, 0.4) is 0 Å². The molecule has 0 radical (unpaired) electrons. The third kappa shape index (κ3) is 3.86. The van der Waals surface area contributed by atoms with Crippen molar-refractivity contribution in [1.29, 1.82) is 5.26 Å². The van der Waals surface area contributed by atoms with Gasteiger partial charge in [-0.25, -0.2) is 0 Å². The van der Waals surface area contributed by atoms with Gasteiger partial charge in [0.05, 0.1) is 25.4 Å². The maximum atomic E-state index is 12.7. The standard InChI is InChI=1S/C20H18N2O2S/c1-24-15-6-4-7-16(12-15)25-14-20(23)18-13-22(11-5-10-21)19-9-3-2-8-17(18)19/h2-4,6-9,12-13H,5,11,14H2,1H3. The molecular formula is C20H18N2O2S. The fraction of sp³-hybridized carbons (Fsp3) is 0.200. The highest BCUT2D eigenvalue weighted by molar-refractivity contribution is 8.00. The van der Waals surface area contributed by atoms with E-state index in [1.165, 1.54) is 11.8 Å². The summed E-state index contributed by atoms with van der Waals surface area (Å²) >= 11 is 1.50. The molecule has 4 nitrogen and oxygen atoms in total. The van der Waals surface area contributed by atoms with Crippen molar-refractivity contribution in [3.05, 3.63) is 60.3 Å². The molecule has 3 aromatic rings. The molecule has 2 aromatic carbocycles. The molecule has 0 aliphatic carbocycles. The van der Waals surface area contributed by atoms with Crippen LogP contribution in [0.5, 0.6) is 5.75 Å². The van der Waals surface area contributed by atoms with Crippen molar-refractivity contribution < 1.29 is 9.53 Å². The molecule has 3 rings (SSSR count). The van der Waals surface area contributed by atoms with Crippen LogP contribution in [-0.2, 0) is 6.54 Å². The lowest BCUT2D eigenvalue weighted by Crippen LogP contribution is -2.02. The first-order valence-electron chi connectivity index (χ1n) is 7.98. The second kappa shape index (κ2) is 7.91. The molecule has 0 spiro atoms. The topological polar surface area (TPSA) is 55.0 Å². The number of fused-ring (bicyclic) bond motifs is 1. The number of hydrogen-bond acceptors (Lipinski definition) is 4. The summed E-state index contributed by atoms with van der Waals surface area (Å²) in [5.41, 5.74) is 1.71. The van der Waals surface area contributed by atoms with Crippen LogP contribution in [-0.4, -0.2) is 23.2 Å². The van der Waals surface area contributed by atoms with Gasteiger partial charge in [-0.15, -0.1) is 11.8 Å². The van der Waals surface area contributed by atoms with E-state index in [-0.39, 0.29) is 5.78 Å². The lowest BCUT2D eigenvalue weighted by atomic mass is 10.1. The second-order valence-corrected chi connectivity index (χ2v) is 6.60. The molecule has 1 heterocycles. The maximum absolute atomic E-state index is 12.7. The summed E-state index contributed by atoms with van der Waals surface area (Å²) in [6.45, 7) is 0.591. The first-order chi connectivity index (χ1) is 12.2. The Kier molecular flexibility index (Phi) is 5.42. The summed E-state index contributed by atoms with van der Waals surface area (Å²) in [7, 11) is 1.63. The van der Waals surface area contributed by atoms with Crippen LogP contribution in [0.15, 0.2) is 59.6 Å². The van der Waals surface area contributed by atoms with Crippen LogP contribution in [0.1, 0.15) is 16.8 Å². The number of hydrogen-bond donors (Lipinski definition) is 0. The number of carbonyl (C=O) groups excluding carboxylic acids is 1. The highest BCUT2D eigenvalue weighted by atomic mass is 32.2. The molecule has 25 heavy (non-hydrogen) atoms. The molecule has 0 bridgehead atoms. The summed E-state index contributed by atoms with van der Waals surface area (Å²) in [6.07, 6.45) is 2.29. The van der Waals surface area contributed by atoms with Crippen molar-refractivity contribution >= 4 is 28.4 Å². The molecular weight excluding hydrogens is 332 g/mol. The van der Waals surface area contributed by atoms with E-state index in [0.717, 1.165) is 21.5 Å². The summed E-state index contributed by atoms with van der Waals surface area (Å²) < 4.78 is 7.20. The number of benzene rings is 2. The number of nitrogens with zero attached hydrogens (tertiary/aromatic N) is 2. The lowest BCUT2D eigenvalue weighted by Gasteiger charge is -2.04. The Morgan fingerprint density at radius 1 is 1.24 bits per heavy atom.